The molecule has 3 rings (SSSR count). The highest BCUT2D eigenvalue weighted by molar-refractivity contribution is 7.92. The Bertz CT molecular complexity index is 801. The van der Waals surface area contributed by atoms with E-state index in [9.17, 15) is 8.42 Å². The van der Waals surface area contributed by atoms with E-state index in [0.717, 1.165) is 0 Å². The van der Waals surface area contributed by atoms with Crippen LogP contribution in [0.25, 0.3) is 4.96 Å². The summed E-state index contributed by atoms with van der Waals surface area (Å²) in [7, 11) is -2.12. The summed E-state index contributed by atoms with van der Waals surface area (Å²) < 4.78 is 28.8. The third kappa shape index (κ3) is 1.94. The Morgan fingerprint density at radius 2 is 2.32 bits per heavy atom. The van der Waals surface area contributed by atoms with Crippen molar-refractivity contribution in [2.45, 2.75) is 5.03 Å². The first-order valence-corrected chi connectivity index (χ1v) is 7.63. The highest BCUT2D eigenvalue weighted by Crippen LogP contribution is 2.26. The predicted molar refractivity (Wildman–Crippen MR) is 72.0 cm³/mol. The summed E-state index contributed by atoms with van der Waals surface area (Å²) in [5, 5.41) is 10.9. The number of anilines is 2. The van der Waals surface area contributed by atoms with Crippen LogP contribution >= 0.6 is 11.3 Å². The number of nitrogens with zero attached hydrogens (tertiary/aromatic N) is 3. The summed E-state index contributed by atoms with van der Waals surface area (Å²) in [5.41, 5.74) is 0.368. The Labute approximate surface area is 112 Å². The summed E-state index contributed by atoms with van der Waals surface area (Å²) in [6.45, 7) is 0. The lowest BCUT2D eigenvalue weighted by atomic mass is 10.6. The maximum absolute atomic E-state index is 12.4. The van der Waals surface area contributed by atoms with Crippen LogP contribution in [-0.2, 0) is 10.0 Å². The number of aromatic amines is 1. The highest BCUT2D eigenvalue weighted by Gasteiger charge is 2.25. The fourth-order valence-electron chi connectivity index (χ4n) is 1.69. The molecule has 0 aromatic carbocycles. The highest BCUT2D eigenvalue weighted by atomic mass is 32.2. The number of hydrogen-bond donors (Lipinski definition) is 3. The van der Waals surface area contributed by atoms with Crippen LogP contribution in [0.3, 0.4) is 0 Å². The Kier molecular flexibility index (Phi) is 2.68. The lowest BCUT2D eigenvalue weighted by molar-refractivity contribution is 0.597. The fraction of sp³-hybridized carbons (Fsp3) is 0.111. The number of thiazole rings is 1. The van der Waals surface area contributed by atoms with Crippen molar-refractivity contribution in [1.29, 1.82) is 0 Å². The second kappa shape index (κ2) is 4.24. The van der Waals surface area contributed by atoms with E-state index in [0.29, 0.717) is 16.5 Å². The third-order valence-corrected chi connectivity index (χ3v) is 4.62. The Balaban J connectivity index is 2.14. The second-order valence-corrected chi connectivity index (χ2v) is 6.13. The van der Waals surface area contributed by atoms with Gasteiger partial charge < -0.3 is 5.32 Å². The molecule has 0 fully saturated rings. The van der Waals surface area contributed by atoms with Crippen LogP contribution in [0.5, 0.6) is 0 Å². The lowest BCUT2D eigenvalue weighted by Crippen LogP contribution is -2.16. The van der Waals surface area contributed by atoms with Crippen molar-refractivity contribution in [2.24, 2.45) is 0 Å². The first kappa shape index (κ1) is 12.0. The number of hydrogen-bond acceptors (Lipinski definition) is 6. The van der Waals surface area contributed by atoms with Gasteiger partial charge in [0.25, 0.3) is 10.0 Å². The first-order chi connectivity index (χ1) is 9.12. The largest absolute Gasteiger partial charge is 0.371 e. The van der Waals surface area contributed by atoms with E-state index in [1.165, 1.54) is 28.1 Å². The van der Waals surface area contributed by atoms with Crippen LogP contribution in [-0.4, -0.2) is 35.0 Å². The van der Waals surface area contributed by atoms with E-state index in [1.807, 2.05) is 0 Å². The smallest absolute Gasteiger partial charge is 0.281 e. The summed E-state index contributed by atoms with van der Waals surface area (Å²) in [5.74, 6) is 0.308. The second-order valence-electron chi connectivity index (χ2n) is 3.66. The van der Waals surface area contributed by atoms with E-state index in [1.54, 1.807) is 18.6 Å². The van der Waals surface area contributed by atoms with Crippen molar-refractivity contribution in [2.75, 3.05) is 17.1 Å². The van der Waals surface area contributed by atoms with Gasteiger partial charge in [-0.25, -0.2) is 4.98 Å². The summed E-state index contributed by atoms with van der Waals surface area (Å²) in [6, 6.07) is 0. The molecule has 19 heavy (non-hydrogen) atoms. The van der Waals surface area contributed by atoms with Crippen molar-refractivity contribution in [3.8, 4) is 0 Å². The van der Waals surface area contributed by atoms with E-state index in [4.69, 9.17) is 0 Å². The van der Waals surface area contributed by atoms with Gasteiger partial charge in [0.15, 0.2) is 10.8 Å². The van der Waals surface area contributed by atoms with Crippen LogP contribution in [0.4, 0.5) is 11.5 Å². The minimum Gasteiger partial charge on any atom is -0.371 e. The van der Waals surface area contributed by atoms with Crippen LogP contribution in [0, 0.1) is 0 Å². The molecular formula is C9H10N6O2S2. The Morgan fingerprint density at radius 3 is 3.00 bits per heavy atom. The number of aromatic nitrogens is 4. The molecule has 3 aromatic rings. The molecule has 100 valence electrons. The maximum atomic E-state index is 12.4. The molecule has 0 bridgehead atoms. The molecule has 0 aliphatic heterocycles. The Hall–Kier alpha value is -2.07. The van der Waals surface area contributed by atoms with Crippen LogP contribution < -0.4 is 10.0 Å². The average molecular weight is 298 g/mol. The number of nitrogens with one attached hydrogen (secondary N) is 3. The van der Waals surface area contributed by atoms with Gasteiger partial charge in [-0.05, 0) is 0 Å². The van der Waals surface area contributed by atoms with Gasteiger partial charge in [0.1, 0.15) is 0 Å². The molecule has 3 N–H and O–H groups in total. The number of sulfonamides is 1. The SMILES string of the molecule is CNc1nc2sccn2c1S(=O)(=O)Nc1cn[nH]c1. The molecular weight excluding hydrogens is 288 g/mol. The molecule has 0 amide bonds. The van der Waals surface area contributed by atoms with Crippen LogP contribution in [0.15, 0.2) is 29.0 Å². The van der Waals surface area contributed by atoms with Gasteiger partial charge >= 0.3 is 0 Å². The normalized spacial score (nSPS) is 11.8. The van der Waals surface area contributed by atoms with Crippen molar-refractivity contribution in [3.63, 3.8) is 0 Å². The van der Waals surface area contributed by atoms with Gasteiger partial charge in [-0.2, -0.15) is 13.5 Å². The maximum Gasteiger partial charge on any atom is 0.281 e. The van der Waals surface area contributed by atoms with Gasteiger partial charge in [0.2, 0.25) is 5.03 Å². The van der Waals surface area contributed by atoms with Gasteiger partial charge in [0.05, 0.1) is 11.9 Å². The van der Waals surface area contributed by atoms with Crippen molar-refractivity contribution < 1.29 is 8.42 Å². The zero-order valence-electron chi connectivity index (χ0n) is 9.78. The molecule has 0 atom stereocenters. The van der Waals surface area contributed by atoms with Crippen LogP contribution in [0.2, 0.25) is 0 Å². The minimum absolute atomic E-state index is 0.0763. The van der Waals surface area contributed by atoms with Crippen molar-refractivity contribution >= 4 is 37.8 Å². The molecule has 0 unspecified atom stereocenters. The van der Waals surface area contributed by atoms with E-state index >= 15 is 0 Å². The summed E-state index contributed by atoms with van der Waals surface area (Å²) in [6.07, 6.45) is 4.52. The Morgan fingerprint density at radius 1 is 1.47 bits per heavy atom. The quantitative estimate of drug-likeness (QED) is 0.665. The topological polar surface area (TPSA) is 104 Å². The minimum atomic E-state index is -3.74. The van der Waals surface area contributed by atoms with Crippen molar-refractivity contribution in [3.05, 3.63) is 24.0 Å². The molecule has 0 saturated heterocycles. The number of imidazole rings is 1. The lowest BCUT2D eigenvalue weighted by Gasteiger charge is -2.06. The summed E-state index contributed by atoms with van der Waals surface area (Å²) in [4.78, 5) is 4.82. The van der Waals surface area contributed by atoms with Gasteiger partial charge in [0, 0.05) is 24.8 Å². The van der Waals surface area contributed by atoms with Gasteiger partial charge in [-0.15, -0.1) is 11.3 Å². The molecule has 3 aromatic heterocycles. The molecule has 0 radical (unpaired) electrons. The third-order valence-electron chi connectivity index (χ3n) is 2.46. The molecule has 0 spiro atoms. The van der Waals surface area contributed by atoms with E-state index in [2.05, 4.69) is 25.2 Å². The first-order valence-electron chi connectivity index (χ1n) is 5.27. The molecule has 10 heteroatoms. The van der Waals surface area contributed by atoms with Gasteiger partial charge in [-0.1, -0.05) is 0 Å². The van der Waals surface area contributed by atoms with Gasteiger partial charge in [-0.3, -0.25) is 14.2 Å². The molecule has 8 nitrogen and oxygen atoms in total. The number of rotatable bonds is 4. The number of H-pyrrole nitrogens is 1. The molecule has 0 saturated carbocycles. The number of fused-ring (bicyclic) bond motifs is 1. The van der Waals surface area contributed by atoms with E-state index < -0.39 is 10.0 Å². The standard InChI is InChI=1S/C9H10N6O2S2/c1-10-7-8(15-2-3-18-9(15)13-7)19(16,17)14-6-4-11-12-5-6/h2-5,10,14H,1H3,(H,11,12). The molecule has 0 aliphatic rings. The zero-order chi connectivity index (χ0) is 13.5. The average Bonchev–Trinajstić information content (AvgIpc) is 3.01. The fourth-order valence-corrected chi connectivity index (χ4v) is 3.79. The molecule has 0 aliphatic carbocycles. The van der Waals surface area contributed by atoms with Crippen LogP contribution in [0.1, 0.15) is 0 Å². The van der Waals surface area contributed by atoms with E-state index in [-0.39, 0.29) is 5.03 Å². The monoisotopic (exact) mass is 298 g/mol. The zero-order valence-corrected chi connectivity index (χ0v) is 11.4. The van der Waals surface area contributed by atoms with Crippen molar-refractivity contribution in [1.82, 2.24) is 19.6 Å². The predicted octanol–water partition coefficient (Wildman–Crippen LogP) is 0.961. The molecule has 3 heterocycles. The summed E-state index contributed by atoms with van der Waals surface area (Å²) >= 11 is 1.36.